The molecular weight excluding hydrogens is 355 g/mol. The van der Waals surface area contributed by atoms with E-state index in [-0.39, 0.29) is 29.8 Å². The number of fused-ring (bicyclic) bond motifs is 5. The standard InChI is InChI=1S/C21H24ClFO3/c1-12(24)20(26)9-7-15-16-5-4-13-10-14(25)6-8-18(13,2)21(16,22)17(23)11-19(15,20)3/h4-6,8,10,15-17,26H,7,9,11H2,1-3H3/t15-,16-,17?,18-,19-,20-,21-/m0/s1. The molecular formula is C21H24ClFO3. The summed E-state index contributed by atoms with van der Waals surface area (Å²) >= 11 is 7.09. The van der Waals surface area contributed by atoms with E-state index in [0.29, 0.717) is 12.8 Å². The molecule has 0 spiro atoms. The number of carbonyl (C=O) groups is 2. The van der Waals surface area contributed by atoms with Gasteiger partial charge in [0.15, 0.2) is 11.6 Å². The molecule has 7 atom stereocenters. The van der Waals surface area contributed by atoms with Gasteiger partial charge in [-0.15, -0.1) is 11.6 Å². The van der Waals surface area contributed by atoms with Crippen LogP contribution in [0.5, 0.6) is 0 Å². The van der Waals surface area contributed by atoms with Crippen molar-refractivity contribution in [1.29, 1.82) is 0 Å². The van der Waals surface area contributed by atoms with Crippen LogP contribution in [-0.2, 0) is 9.59 Å². The molecule has 4 aliphatic rings. The number of aliphatic hydroxyl groups is 1. The first-order valence-corrected chi connectivity index (χ1v) is 9.58. The van der Waals surface area contributed by atoms with Gasteiger partial charge >= 0.3 is 0 Å². The van der Waals surface area contributed by atoms with E-state index >= 15 is 4.39 Å². The lowest BCUT2D eigenvalue weighted by atomic mass is 9.47. The summed E-state index contributed by atoms with van der Waals surface area (Å²) in [6.07, 6.45) is 8.06. The minimum Gasteiger partial charge on any atom is -0.382 e. The Labute approximate surface area is 158 Å². The Morgan fingerprint density at radius 2 is 2.04 bits per heavy atom. The number of hydrogen-bond donors (Lipinski definition) is 1. The molecule has 4 aliphatic carbocycles. The first-order chi connectivity index (χ1) is 12.0. The van der Waals surface area contributed by atoms with Crippen LogP contribution in [-0.4, -0.2) is 33.3 Å². The zero-order valence-corrected chi connectivity index (χ0v) is 16.0. The Hall–Kier alpha value is -1.26. The first-order valence-electron chi connectivity index (χ1n) is 9.21. The smallest absolute Gasteiger partial charge is 0.178 e. The number of allylic oxidation sites excluding steroid dienone is 6. The highest BCUT2D eigenvalue weighted by atomic mass is 35.5. The van der Waals surface area contributed by atoms with Gasteiger partial charge in [-0.25, -0.2) is 4.39 Å². The van der Waals surface area contributed by atoms with Gasteiger partial charge in [-0.05, 0) is 49.8 Å². The second kappa shape index (κ2) is 5.17. The van der Waals surface area contributed by atoms with Crippen molar-refractivity contribution in [3.63, 3.8) is 0 Å². The van der Waals surface area contributed by atoms with Gasteiger partial charge < -0.3 is 5.11 Å². The van der Waals surface area contributed by atoms with Crippen LogP contribution in [0.4, 0.5) is 4.39 Å². The molecule has 2 fully saturated rings. The van der Waals surface area contributed by atoms with Crippen molar-refractivity contribution in [2.45, 2.75) is 56.7 Å². The van der Waals surface area contributed by atoms with Crippen LogP contribution in [0.1, 0.15) is 40.0 Å². The number of alkyl halides is 2. The van der Waals surface area contributed by atoms with Crippen LogP contribution in [0.25, 0.3) is 0 Å². The van der Waals surface area contributed by atoms with Gasteiger partial charge in [0.25, 0.3) is 0 Å². The fourth-order valence-corrected chi connectivity index (χ4v) is 6.67. The van der Waals surface area contributed by atoms with Gasteiger partial charge in [-0.3, -0.25) is 9.59 Å². The van der Waals surface area contributed by atoms with Crippen molar-refractivity contribution in [3.05, 3.63) is 36.0 Å². The molecule has 5 heteroatoms. The van der Waals surface area contributed by atoms with Crippen molar-refractivity contribution >= 4 is 23.2 Å². The summed E-state index contributed by atoms with van der Waals surface area (Å²) in [5.74, 6) is -0.844. The summed E-state index contributed by atoms with van der Waals surface area (Å²) in [5, 5.41) is 11.1. The van der Waals surface area contributed by atoms with Crippen LogP contribution >= 0.6 is 11.6 Å². The highest BCUT2D eigenvalue weighted by Crippen LogP contribution is 2.69. The summed E-state index contributed by atoms with van der Waals surface area (Å²) in [7, 11) is 0. The normalized spacial score (nSPS) is 52.2. The molecule has 0 bridgehead atoms. The maximum Gasteiger partial charge on any atom is 0.178 e. The second-order valence-corrected chi connectivity index (χ2v) is 9.47. The number of carbonyl (C=O) groups excluding carboxylic acids is 2. The number of rotatable bonds is 1. The predicted molar refractivity (Wildman–Crippen MR) is 97.5 cm³/mol. The van der Waals surface area contributed by atoms with Crippen LogP contribution in [0, 0.1) is 22.7 Å². The van der Waals surface area contributed by atoms with Crippen LogP contribution < -0.4 is 0 Å². The molecule has 1 N–H and O–H groups in total. The average molecular weight is 379 g/mol. The Balaban J connectivity index is 1.88. The molecule has 0 saturated heterocycles. The SMILES string of the molecule is CC(=O)[C@@]1(O)CC[C@H]2[C@@H]3C=CC4=CC(=O)C=C[C@]4(C)[C@@]3(Cl)C(F)C[C@@]21C. The third-order valence-corrected chi connectivity index (χ3v) is 8.78. The zero-order chi connectivity index (χ0) is 19.1. The molecule has 0 aromatic carbocycles. The summed E-state index contributed by atoms with van der Waals surface area (Å²) in [6.45, 7) is 5.10. The number of Topliss-reactive ketones (excluding diaryl/α,β-unsaturated/α-hetero) is 1. The Morgan fingerprint density at radius 3 is 2.69 bits per heavy atom. The molecule has 140 valence electrons. The Bertz CT molecular complexity index is 801. The van der Waals surface area contributed by atoms with E-state index in [2.05, 4.69) is 0 Å². The fourth-order valence-electron chi connectivity index (χ4n) is 6.19. The molecule has 0 heterocycles. The Morgan fingerprint density at radius 1 is 1.35 bits per heavy atom. The monoisotopic (exact) mass is 378 g/mol. The lowest BCUT2D eigenvalue weighted by Crippen LogP contribution is -2.66. The van der Waals surface area contributed by atoms with E-state index in [1.165, 1.54) is 19.1 Å². The molecule has 0 aliphatic heterocycles. The topological polar surface area (TPSA) is 54.4 Å². The maximum absolute atomic E-state index is 15.8. The second-order valence-electron chi connectivity index (χ2n) is 8.84. The van der Waals surface area contributed by atoms with Crippen LogP contribution in [0.2, 0.25) is 0 Å². The minimum absolute atomic E-state index is 0.0340. The highest BCUT2D eigenvalue weighted by Gasteiger charge is 2.72. The van der Waals surface area contributed by atoms with Gasteiger partial charge in [0, 0.05) is 16.7 Å². The van der Waals surface area contributed by atoms with Crippen LogP contribution in [0.15, 0.2) is 36.0 Å². The molecule has 3 nitrogen and oxygen atoms in total. The predicted octanol–water partition coefficient (Wildman–Crippen LogP) is 3.70. The third-order valence-electron chi connectivity index (χ3n) is 7.90. The number of halogens is 2. The van der Waals surface area contributed by atoms with Crippen LogP contribution in [0.3, 0.4) is 0 Å². The van der Waals surface area contributed by atoms with Gasteiger partial charge in [0.2, 0.25) is 0 Å². The van der Waals surface area contributed by atoms with Gasteiger partial charge in [-0.1, -0.05) is 32.1 Å². The summed E-state index contributed by atoms with van der Waals surface area (Å²) in [4.78, 5) is 22.8. The van der Waals surface area contributed by atoms with Crippen molar-refractivity contribution in [2.24, 2.45) is 22.7 Å². The average Bonchev–Trinajstić information content (AvgIpc) is 2.83. The van der Waals surface area contributed by atoms with E-state index in [4.69, 9.17) is 11.6 Å². The van der Waals surface area contributed by atoms with Crippen molar-refractivity contribution < 1.29 is 19.1 Å². The highest BCUT2D eigenvalue weighted by molar-refractivity contribution is 6.26. The number of hydrogen-bond acceptors (Lipinski definition) is 3. The third kappa shape index (κ3) is 1.83. The van der Waals surface area contributed by atoms with E-state index in [0.717, 1.165) is 5.57 Å². The molecule has 1 unspecified atom stereocenters. The molecule has 26 heavy (non-hydrogen) atoms. The quantitative estimate of drug-likeness (QED) is 0.708. The molecule has 2 saturated carbocycles. The minimum atomic E-state index is -1.51. The fraction of sp³-hybridized carbons (Fsp3) is 0.619. The molecule has 4 rings (SSSR count). The van der Waals surface area contributed by atoms with Crippen molar-refractivity contribution in [2.75, 3.05) is 0 Å². The van der Waals surface area contributed by atoms with Crippen molar-refractivity contribution in [1.82, 2.24) is 0 Å². The van der Waals surface area contributed by atoms with Gasteiger partial charge in [0.05, 0.1) is 4.87 Å². The summed E-state index contributed by atoms with van der Waals surface area (Å²) in [6, 6.07) is 0. The summed E-state index contributed by atoms with van der Waals surface area (Å²) < 4.78 is 15.8. The van der Waals surface area contributed by atoms with E-state index in [9.17, 15) is 14.7 Å². The molecule has 0 amide bonds. The van der Waals surface area contributed by atoms with Gasteiger partial charge in [0.1, 0.15) is 11.8 Å². The zero-order valence-electron chi connectivity index (χ0n) is 15.3. The van der Waals surface area contributed by atoms with E-state index < -0.39 is 27.5 Å². The largest absolute Gasteiger partial charge is 0.382 e. The number of ketones is 2. The Kier molecular flexibility index (Phi) is 3.60. The van der Waals surface area contributed by atoms with Gasteiger partial charge in [-0.2, -0.15) is 0 Å². The van der Waals surface area contributed by atoms with E-state index in [1.54, 1.807) is 6.08 Å². The lowest BCUT2D eigenvalue weighted by molar-refractivity contribution is -0.160. The molecule has 0 radical (unpaired) electrons. The maximum atomic E-state index is 15.8. The molecule has 0 aromatic heterocycles. The molecule has 0 aromatic rings. The van der Waals surface area contributed by atoms with Crippen molar-refractivity contribution in [3.8, 4) is 0 Å². The summed E-state index contributed by atoms with van der Waals surface area (Å²) in [5.41, 5.74) is -2.44. The first kappa shape index (κ1) is 18.1. The lowest BCUT2D eigenvalue weighted by Gasteiger charge is -2.61. The van der Waals surface area contributed by atoms with E-state index in [1.807, 2.05) is 26.0 Å².